The summed E-state index contributed by atoms with van der Waals surface area (Å²) >= 11 is 0. The van der Waals surface area contributed by atoms with Gasteiger partial charge in [-0.2, -0.15) is 0 Å². The highest BCUT2D eigenvalue weighted by molar-refractivity contribution is 5.09. The molecule has 5 fully saturated rings. The maximum Gasteiger partial charge on any atom is 0.201 e. The van der Waals surface area contributed by atoms with Crippen LogP contribution in [0.15, 0.2) is 0 Å². The van der Waals surface area contributed by atoms with E-state index in [-0.39, 0.29) is 18.5 Å². The fourth-order valence-corrected chi connectivity index (χ4v) is 5.23. The van der Waals surface area contributed by atoms with E-state index in [1.54, 1.807) is 0 Å². The second-order valence-corrected chi connectivity index (χ2v) is 7.73. The van der Waals surface area contributed by atoms with Gasteiger partial charge in [0.2, 0.25) is 5.79 Å². The first-order chi connectivity index (χ1) is 10.5. The molecule has 1 spiro atoms. The first-order valence-corrected chi connectivity index (χ1v) is 8.82. The van der Waals surface area contributed by atoms with Gasteiger partial charge in [-0.3, -0.25) is 0 Å². The Bertz CT molecular complexity index is 443. The molecular weight excluding hydrogens is 284 g/mol. The highest BCUT2D eigenvalue weighted by atomic mass is 17.3. The topological polar surface area (TPSA) is 46.2 Å². The number of hydrogen-bond donors (Lipinski definition) is 0. The molecule has 4 aliphatic heterocycles. The highest BCUT2D eigenvalue weighted by Gasteiger charge is 2.69. The number of hydrogen-bond acceptors (Lipinski definition) is 5. The van der Waals surface area contributed by atoms with Crippen LogP contribution in [0.4, 0.5) is 0 Å². The third-order valence-electron chi connectivity index (χ3n) is 6.43. The van der Waals surface area contributed by atoms with Crippen molar-refractivity contribution < 1.29 is 24.0 Å². The van der Waals surface area contributed by atoms with Gasteiger partial charge in [0.05, 0.1) is 0 Å². The molecule has 4 saturated heterocycles. The number of fused-ring (bicyclic) bond motifs is 2. The zero-order valence-corrected chi connectivity index (χ0v) is 14.0. The molecule has 22 heavy (non-hydrogen) atoms. The molecule has 0 aromatic rings. The molecule has 2 bridgehead atoms. The molecule has 0 aromatic carbocycles. The summed E-state index contributed by atoms with van der Waals surface area (Å²) in [5.74, 6) is 0.957. The zero-order chi connectivity index (χ0) is 15.5. The molecule has 0 amide bonds. The molecule has 126 valence electrons. The number of rotatable bonds is 2. The maximum absolute atomic E-state index is 6.25. The van der Waals surface area contributed by atoms with E-state index in [2.05, 4.69) is 13.8 Å². The minimum Gasteiger partial charge on any atom is -0.353 e. The molecule has 5 aliphatic rings. The smallest absolute Gasteiger partial charge is 0.201 e. The molecule has 8 atom stereocenters. The van der Waals surface area contributed by atoms with Gasteiger partial charge < -0.3 is 14.2 Å². The van der Waals surface area contributed by atoms with E-state index in [9.17, 15) is 0 Å². The normalized spacial score (nSPS) is 57.3. The lowest BCUT2D eigenvalue weighted by Crippen LogP contribution is -2.70. The van der Waals surface area contributed by atoms with Gasteiger partial charge in [0.1, 0.15) is 0 Å². The molecule has 5 nitrogen and oxygen atoms in total. The summed E-state index contributed by atoms with van der Waals surface area (Å²) in [6.07, 6.45) is 3.66. The lowest BCUT2D eigenvalue weighted by atomic mass is 9.58. The number of ether oxygens (including phenoxy) is 3. The lowest BCUT2D eigenvalue weighted by Gasteiger charge is -2.60. The van der Waals surface area contributed by atoms with Crippen LogP contribution in [-0.2, 0) is 24.0 Å². The Morgan fingerprint density at radius 2 is 1.91 bits per heavy atom. The van der Waals surface area contributed by atoms with Gasteiger partial charge in [-0.25, -0.2) is 9.78 Å². The molecule has 4 heterocycles. The van der Waals surface area contributed by atoms with Gasteiger partial charge in [0.25, 0.3) is 0 Å². The van der Waals surface area contributed by atoms with Crippen molar-refractivity contribution in [2.24, 2.45) is 23.7 Å². The van der Waals surface area contributed by atoms with Crippen molar-refractivity contribution in [2.75, 3.05) is 6.61 Å². The second-order valence-electron chi connectivity index (χ2n) is 7.73. The minimum atomic E-state index is -0.700. The van der Waals surface area contributed by atoms with Gasteiger partial charge >= 0.3 is 0 Å². The Morgan fingerprint density at radius 1 is 1.09 bits per heavy atom. The largest absolute Gasteiger partial charge is 0.353 e. The van der Waals surface area contributed by atoms with E-state index in [0.717, 1.165) is 19.3 Å². The summed E-state index contributed by atoms with van der Waals surface area (Å²) in [7, 11) is 0. The van der Waals surface area contributed by atoms with E-state index < -0.39 is 11.4 Å². The molecule has 5 heteroatoms. The van der Waals surface area contributed by atoms with Gasteiger partial charge in [0.15, 0.2) is 18.2 Å². The molecule has 0 aromatic heterocycles. The first kappa shape index (κ1) is 15.3. The second kappa shape index (κ2) is 5.15. The average molecular weight is 312 g/mol. The van der Waals surface area contributed by atoms with Crippen molar-refractivity contribution in [3.05, 3.63) is 0 Å². The molecular formula is C17H28O5. The maximum atomic E-state index is 6.25. The lowest BCUT2D eigenvalue weighted by molar-refractivity contribution is -0.577. The predicted molar refractivity (Wildman–Crippen MR) is 78.5 cm³/mol. The summed E-state index contributed by atoms with van der Waals surface area (Å²) in [6.45, 7) is 9.15. The van der Waals surface area contributed by atoms with Gasteiger partial charge in [-0.05, 0) is 44.9 Å². The Hall–Kier alpha value is -0.200. The van der Waals surface area contributed by atoms with Crippen LogP contribution in [0, 0.1) is 23.7 Å². The predicted octanol–water partition coefficient (Wildman–Crippen LogP) is 3.23. The van der Waals surface area contributed by atoms with Crippen LogP contribution in [0.1, 0.15) is 53.4 Å². The summed E-state index contributed by atoms with van der Waals surface area (Å²) in [5.41, 5.74) is -0.472. The summed E-state index contributed by atoms with van der Waals surface area (Å²) in [5, 5.41) is 0. The molecule has 0 N–H and O–H groups in total. The van der Waals surface area contributed by atoms with Crippen LogP contribution in [0.3, 0.4) is 0 Å². The van der Waals surface area contributed by atoms with Crippen LogP contribution < -0.4 is 0 Å². The van der Waals surface area contributed by atoms with Gasteiger partial charge in [-0.15, -0.1) is 0 Å². The van der Waals surface area contributed by atoms with E-state index >= 15 is 0 Å². The Kier molecular flexibility index (Phi) is 3.59. The molecule has 1 saturated carbocycles. The van der Waals surface area contributed by atoms with Crippen LogP contribution in [0.25, 0.3) is 0 Å². The van der Waals surface area contributed by atoms with E-state index in [0.29, 0.717) is 24.4 Å². The van der Waals surface area contributed by atoms with Gasteiger partial charge in [0, 0.05) is 24.9 Å². The van der Waals surface area contributed by atoms with Crippen LogP contribution in [0.2, 0.25) is 0 Å². The quantitative estimate of drug-likeness (QED) is 0.733. The van der Waals surface area contributed by atoms with E-state index in [1.165, 1.54) is 6.42 Å². The average Bonchev–Trinajstić information content (AvgIpc) is 2.71. The summed E-state index contributed by atoms with van der Waals surface area (Å²) < 4.78 is 18.3. The SMILES string of the molecule is CCO[C@H]1O[C@H]2O[C@]3(C)CC[C@@H]4[C@@H](C)CC[C@H]([C@H]1C)[C@]24OO3. The highest BCUT2D eigenvalue weighted by Crippen LogP contribution is 2.60. The molecule has 1 aliphatic carbocycles. The van der Waals surface area contributed by atoms with Gasteiger partial charge in [-0.1, -0.05) is 13.8 Å². The van der Waals surface area contributed by atoms with Crippen LogP contribution >= 0.6 is 0 Å². The van der Waals surface area contributed by atoms with Crippen LogP contribution in [0.5, 0.6) is 0 Å². The van der Waals surface area contributed by atoms with Crippen molar-refractivity contribution in [3.8, 4) is 0 Å². The fraction of sp³-hybridized carbons (Fsp3) is 1.00. The molecule has 5 rings (SSSR count). The standard InChI is InChI=1S/C17H28O5/c1-5-18-14-11(3)13-7-6-10(2)12-8-9-16(4)20-15(19-14)17(12,13)22-21-16/h10-15H,5-9H2,1-4H3/t10-,11+,12+,13+,14-,15-,16-,17-/m0/s1. The Morgan fingerprint density at radius 3 is 2.68 bits per heavy atom. The van der Waals surface area contributed by atoms with Crippen molar-refractivity contribution in [2.45, 2.75) is 77.3 Å². The van der Waals surface area contributed by atoms with Crippen molar-refractivity contribution in [1.29, 1.82) is 0 Å². The van der Waals surface area contributed by atoms with Crippen molar-refractivity contribution >= 4 is 0 Å². The van der Waals surface area contributed by atoms with Crippen LogP contribution in [-0.4, -0.2) is 30.6 Å². The van der Waals surface area contributed by atoms with Crippen molar-refractivity contribution in [3.63, 3.8) is 0 Å². The van der Waals surface area contributed by atoms with E-state index in [1.807, 2.05) is 13.8 Å². The summed E-state index contributed by atoms with van der Waals surface area (Å²) in [4.78, 5) is 11.9. The van der Waals surface area contributed by atoms with E-state index in [4.69, 9.17) is 24.0 Å². The summed E-state index contributed by atoms with van der Waals surface area (Å²) in [6, 6.07) is 0. The Balaban J connectivity index is 1.75. The first-order valence-electron chi connectivity index (χ1n) is 8.82. The van der Waals surface area contributed by atoms with Crippen molar-refractivity contribution in [1.82, 2.24) is 0 Å². The molecule has 0 radical (unpaired) electrons. The molecule has 0 unspecified atom stereocenters. The third-order valence-corrected chi connectivity index (χ3v) is 6.43. The third kappa shape index (κ3) is 1.96. The Labute approximate surface area is 132 Å². The minimum absolute atomic E-state index is 0.216. The zero-order valence-electron chi connectivity index (χ0n) is 14.0. The fourth-order valence-electron chi connectivity index (χ4n) is 5.23. The monoisotopic (exact) mass is 312 g/mol.